The Morgan fingerprint density at radius 1 is 1.30 bits per heavy atom. The molecule has 0 saturated carbocycles. The maximum absolute atomic E-state index is 11.3. The van der Waals surface area contributed by atoms with Crippen LogP contribution in [0.1, 0.15) is 20.3 Å². The Morgan fingerprint density at radius 2 is 2.05 bits per heavy atom. The largest absolute Gasteiger partial charge is 0.481 e. The third kappa shape index (κ3) is 3.47. The van der Waals surface area contributed by atoms with Gasteiger partial charge >= 0.3 is 5.97 Å². The Morgan fingerprint density at radius 3 is 2.75 bits per heavy atom. The minimum atomic E-state index is -0.758. The Kier molecular flexibility index (Phi) is 4.56. The standard InChI is InChI=1S/C16H20N2O2/c1-11(2)9-13(16(19)20)10-18-15-14-6-4-3-5-12(14)7-8-17-15/h3-8,11,13H,9-10H2,1-2H3,(H,17,18)(H,19,20). The van der Waals surface area contributed by atoms with Crippen LogP contribution < -0.4 is 5.32 Å². The molecule has 0 saturated heterocycles. The first-order valence-corrected chi connectivity index (χ1v) is 6.88. The summed E-state index contributed by atoms with van der Waals surface area (Å²) in [6.45, 7) is 4.47. The minimum absolute atomic E-state index is 0.360. The average Bonchev–Trinajstić information content (AvgIpc) is 2.42. The van der Waals surface area contributed by atoms with Gasteiger partial charge in [0.05, 0.1) is 5.92 Å². The van der Waals surface area contributed by atoms with E-state index in [2.05, 4.69) is 10.3 Å². The second-order valence-corrected chi connectivity index (χ2v) is 5.43. The molecule has 0 aliphatic heterocycles. The molecule has 0 radical (unpaired) electrons. The van der Waals surface area contributed by atoms with Gasteiger partial charge in [0.15, 0.2) is 0 Å². The lowest BCUT2D eigenvalue weighted by atomic mass is 9.97. The summed E-state index contributed by atoms with van der Waals surface area (Å²) in [6.07, 6.45) is 2.40. The van der Waals surface area contributed by atoms with Crippen LogP contribution in [-0.2, 0) is 4.79 Å². The highest BCUT2D eigenvalue weighted by atomic mass is 16.4. The van der Waals surface area contributed by atoms with Crippen LogP contribution in [-0.4, -0.2) is 22.6 Å². The first kappa shape index (κ1) is 14.3. The predicted octanol–water partition coefficient (Wildman–Crippen LogP) is 3.39. The Hall–Kier alpha value is -2.10. The van der Waals surface area contributed by atoms with E-state index in [0.29, 0.717) is 18.9 Å². The summed E-state index contributed by atoms with van der Waals surface area (Å²) in [5.41, 5.74) is 0. The van der Waals surface area contributed by atoms with Gasteiger partial charge in [0, 0.05) is 18.1 Å². The van der Waals surface area contributed by atoms with Crippen molar-refractivity contribution < 1.29 is 9.90 Å². The highest BCUT2D eigenvalue weighted by Crippen LogP contribution is 2.21. The molecule has 1 aromatic heterocycles. The molecule has 1 aromatic carbocycles. The van der Waals surface area contributed by atoms with Crippen molar-refractivity contribution in [1.29, 1.82) is 0 Å². The summed E-state index contributed by atoms with van der Waals surface area (Å²) in [5.74, 6) is -0.0429. The van der Waals surface area contributed by atoms with Crippen molar-refractivity contribution >= 4 is 22.6 Å². The Balaban J connectivity index is 2.13. The van der Waals surface area contributed by atoms with E-state index in [9.17, 15) is 9.90 Å². The van der Waals surface area contributed by atoms with Crippen molar-refractivity contribution in [3.8, 4) is 0 Å². The molecule has 20 heavy (non-hydrogen) atoms. The van der Waals surface area contributed by atoms with Gasteiger partial charge in [0.1, 0.15) is 5.82 Å². The molecule has 1 heterocycles. The number of nitrogens with zero attached hydrogens (tertiary/aromatic N) is 1. The molecule has 2 N–H and O–H groups in total. The number of hydrogen-bond donors (Lipinski definition) is 2. The van der Waals surface area contributed by atoms with Gasteiger partial charge in [0.25, 0.3) is 0 Å². The molecular formula is C16H20N2O2. The van der Waals surface area contributed by atoms with Gasteiger partial charge in [-0.15, -0.1) is 0 Å². The van der Waals surface area contributed by atoms with Gasteiger partial charge in [-0.2, -0.15) is 0 Å². The molecule has 0 spiro atoms. The summed E-state index contributed by atoms with van der Waals surface area (Å²) in [5, 5.41) is 14.6. The number of aromatic nitrogens is 1. The second kappa shape index (κ2) is 6.37. The highest BCUT2D eigenvalue weighted by Gasteiger charge is 2.19. The van der Waals surface area contributed by atoms with Crippen molar-refractivity contribution in [2.75, 3.05) is 11.9 Å². The minimum Gasteiger partial charge on any atom is -0.481 e. The fourth-order valence-electron chi connectivity index (χ4n) is 2.32. The maximum Gasteiger partial charge on any atom is 0.308 e. The molecule has 106 valence electrons. The first-order chi connectivity index (χ1) is 9.58. The van der Waals surface area contributed by atoms with Crippen LogP contribution in [0.25, 0.3) is 10.8 Å². The number of hydrogen-bond acceptors (Lipinski definition) is 3. The Labute approximate surface area is 118 Å². The summed E-state index contributed by atoms with van der Waals surface area (Å²) < 4.78 is 0. The van der Waals surface area contributed by atoms with E-state index in [-0.39, 0.29) is 0 Å². The lowest BCUT2D eigenvalue weighted by Crippen LogP contribution is -2.24. The fraction of sp³-hybridized carbons (Fsp3) is 0.375. The topological polar surface area (TPSA) is 62.2 Å². The van der Waals surface area contributed by atoms with Crippen molar-refractivity contribution in [1.82, 2.24) is 4.98 Å². The summed E-state index contributed by atoms with van der Waals surface area (Å²) in [4.78, 5) is 15.6. The summed E-state index contributed by atoms with van der Waals surface area (Å²) in [7, 11) is 0. The Bertz CT molecular complexity index is 591. The molecule has 0 aliphatic rings. The van der Waals surface area contributed by atoms with Gasteiger partial charge in [-0.25, -0.2) is 4.98 Å². The molecule has 0 bridgehead atoms. The number of benzene rings is 1. The number of carboxylic acids is 1. The fourth-order valence-corrected chi connectivity index (χ4v) is 2.32. The molecule has 2 aromatic rings. The number of anilines is 1. The third-order valence-electron chi connectivity index (χ3n) is 3.29. The average molecular weight is 272 g/mol. The number of rotatable bonds is 6. The number of fused-ring (bicyclic) bond motifs is 1. The van der Waals surface area contributed by atoms with Crippen molar-refractivity contribution in [3.05, 3.63) is 36.5 Å². The molecule has 0 aliphatic carbocycles. The van der Waals surface area contributed by atoms with E-state index in [1.807, 2.05) is 44.2 Å². The van der Waals surface area contributed by atoms with Crippen LogP contribution in [0, 0.1) is 11.8 Å². The number of nitrogens with one attached hydrogen (secondary N) is 1. The van der Waals surface area contributed by atoms with Crippen molar-refractivity contribution in [2.45, 2.75) is 20.3 Å². The van der Waals surface area contributed by atoms with Gasteiger partial charge < -0.3 is 10.4 Å². The SMILES string of the molecule is CC(C)CC(CNc1nccc2ccccc12)C(=O)O. The van der Waals surface area contributed by atoms with Crippen LogP contribution in [0.3, 0.4) is 0 Å². The zero-order valence-electron chi connectivity index (χ0n) is 11.8. The normalized spacial score (nSPS) is 12.6. The summed E-state index contributed by atoms with van der Waals surface area (Å²) >= 11 is 0. The molecule has 2 rings (SSSR count). The lowest BCUT2D eigenvalue weighted by molar-refractivity contribution is -0.141. The molecule has 0 fully saturated rings. The molecule has 1 unspecified atom stereocenters. The first-order valence-electron chi connectivity index (χ1n) is 6.88. The molecule has 0 amide bonds. The lowest BCUT2D eigenvalue weighted by Gasteiger charge is -2.16. The number of aliphatic carboxylic acids is 1. The zero-order valence-corrected chi connectivity index (χ0v) is 11.8. The predicted molar refractivity (Wildman–Crippen MR) is 80.8 cm³/mol. The van der Waals surface area contributed by atoms with E-state index < -0.39 is 11.9 Å². The van der Waals surface area contributed by atoms with Crippen LogP contribution in [0.2, 0.25) is 0 Å². The number of pyridine rings is 1. The second-order valence-electron chi connectivity index (χ2n) is 5.43. The molecular weight excluding hydrogens is 252 g/mol. The molecule has 4 heteroatoms. The molecule has 4 nitrogen and oxygen atoms in total. The highest BCUT2D eigenvalue weighted by molar-refractivity contribution is 5.91. The van der Waals surface area contributed by atoms with E-state index in [4.69, 9.17) is 0 Å². The number of carboxylic acid groups (broad SMARTS) is 1. The smallest absolute Gasteiger partial charge is 0.308 e. The van der Waals surface area contributed by atoms with E-state index in [1.54, 1.807) is 6.20 Å². The van der Waals surface area contributed by atoms with E-state index in [0.717, 1.165) is 16.6 Å². The van der Waals surface area contributed by atoms with Crippen LogP contribution in [0.5, 0.6) is 0 Å². The van der Waals surface area contributed by atoms with E-state index >= 15 is 0 Å². The van der Waals surface area contributed by atoms with Gasteiger partial charge in [-0.3, -0.25) is 4.79 Å². The van der Waals surface area contributed by atoms with E-state index in [1.165, 1.54) is 0 Å². The van der Waals surface area contributed by atoms with Crippen LogP contribution in [0.15, 0.2) is 36.5 Å². The van der Waals surface area contributed by atoms with Gasteiger partial charge in [0.2, 0.25) is 0 Å². The van der Waals surface area contributed by atoms with Gasteiger partial charge in [-0.1, -0.05) is 38.1 Å². The monoisotopic (exact) mass is 272 g/mol. The molecule has 1 atom stereocenters. The maximum atomic E-state index is 11.3. The summed E-state index contributed by atoms with van der Waals surface area (Å²) in [6, 6.07) is 9.89. The van der Waals surface area contributed by atoms with Crippen molar-refractivity contribution in [2.24, 2.45) is 11.8 Å². The van der Waals surface area contributed by atoms with Crippen LogP contribution in [0.4, 0.5) is 5.82 Å². The third-order valence-corrected chi connectivity index (χ3v) is 3.29. The quantitative estimate of drug-likeness (QED) is 0.846. The number of carbonyl (C=O) groups is 1. The van der Waals surface area contributed by atoms with Crippen molar-refractivity contribution in [3.63, 3.8) is 0 Å². The zero-order chi connectivity index (χ0) is 14.5. The van der Waals surface area contributed by atoms with Gasteiger partial charge in [-0.05, 0) is 23.8 Å². The van der Waals surface area contributed by atoms with Crippen LogP contribution >= 0.6 is 0 Å².